The molecule has 120 valence electrons. The SMILES string of the molecule is CC(C)(C)c1cc(CN(CCCO)CCCO)ccc1O. The van der Waals surface area contributed by atoms with E-state index in [4.69, 9.17) is 10.2 Å². The summed E-state index contributed by atoms with van der Waals surface area (Å²) in [5.74, 6) is 0.337. The number of phenolic OH excluding ortho intramolecular Hbond substituents is 1. The third-order valence-corrected chi connectivity index (χ3v) is 3.54. The van der Waals surface area contributed by atoms with Crippen LogP contribution in [-0.4, -0.2) is 46.5 Å². The van der Waals surface area contributed by atoms with Gasteiger partial charge < -0.3 is 15.3 Å². The maximum absolute atomic E-state index is 10.0. The fourth-order valence-electron chi connectivity index (χ4n) is 2.40. The Morgan fingerprint density at radius 3 is 2.05 bits per heavy atom. The van der Waals surface area contributed by atoms with Gasteiger partial charge in [0.05, 0.1) is 0 Å². The molecule has 0 heterocycles. The molecule has 0 atom stereocenters. The molecular weight excluding hydrogens is 266 g/mol. The largest absolute Gasteiger partial charge is 0.508 e. The maximum atomic E-state index is 10.0. The molecule has 0 bridgehead atoms. The molecule has 4 nitrogen and oxygen atoms in total. The van der Waals surface area contributed by atoms with E-state index in [9.17, 15) is 5.11 Å². The highest BCUT2D eigenvalue weighted by Crippen LogP contribution is 2.31. The van der Waals surface area contributed by atoms with Gasteiger partial charge in [0.1, 0.15) is 5.75 Å². The van der Waals surface area contributed by atoms with Crippen LogP contribution in [0.5, 0.6) is 5.75 Å². The zero-order valence-corrected chi connectivity index (χ0v) is 13.5. The second-order valence-electron chi connectivity index (χ2n) is 6.53. The third kappa shape index (κ3) is 6.04. The minimum Gasteiger partial charge on any atom is -0.508 e. The minimum atomic E-state index is -0.0961. The molecule has 1 rings (SSSR count). The van der Waals surface area contributed by atoms with Gasteiger partial charge >= 0.3 is 0 Å². The summed E-state index contributed by atoms with van der Waals surface area (Å²) < 4.78 is 0. The minimum absolute atomic E-state index is 0.0961. The number of benzene rings is 1. The van der Waals surface area contributed by atoms with E-state index in [1.165, 1.54) is 0 Å². The molecule has 0 saturated carbocycles. The molecule has 1 aromatic rings. The summed E-state index contributed by atoms with van der Waals surface area (Å²) >= 11 is 0. The van der Waals surface area contributed by atoms with Gasteiger partial charge in [-0.15, -0.1) is 0 Å². The molecule has 0 fully saturated rings. The molecule has 4 heteroatoms. The van der Waals surface area contributed by atoms with Gasteiger partial charge in [-0.25, -0.2) is 0 Å². The number of phenols is 1. The summed E-state index contributed by atoms with van der Waals surface area (Å²) in [6.45, 7) is 8.99. The second kappa shape index (κ2) is 8.37. The van der Waals surface area contributed by atoms with Gasteiger partial charge in [-0.1, -0.05) is 32.9 Å². The van der Waals surface area contributed by atoms with Gasteiger partial charge in [0.15, 0.2) is 0 Å². The Balaban J connectivity index is 2.82. The number of nitrogens with zero attached hydrogens (tertiary/aromatic N) is 1. The van der Waals surface area contributed by atoms with Crippen molar-refractivity contribution >= 4 is 0 Å². The Bertz CT molecular complexity index is 419. The summed E-state index contributed by atoms with van der Waals surface area (Å²) in [4.78, 5) is 2.23. The Labute approximate surface area is 128 Å². The monoisotopic (exact) mass is 295 g/mol. The van der Waals surface area contributed by atoms with Crippen molar-refractivity contribution in [2.24, 2.45) is 0 Å². The fraction of sp³-hybridized carbons (Fsp3) is 0.647. The average Bonchev–Trinajstić information content (AvgIpc) is 2.42. The molecule has 0 radical (unpaired) electrons. The summed E-state index contributed by atoms with van der Waals surface area (Å²) in [5.41, 5.74) is 2.00. The Hall–Kier alpha value is -1.10. The first-order valence-corrected chi connectivity index (χ1v) is 7.65. The Kier molecular flexibility index (Phi) is 7.15. The van der Waals surface area contributed by atoms with Gasteiger partial charge in [-0.05, 0) is 35.4 Å². The zero-order valence-electron chi connectivity index (χ0n) is 13.5. The molecule has 0 aliphatic carbocycles. The van der Waals surface area contributed by atoms with Crippen molar-refractivity contribution in [2.75, 3.05) is 26.3 Å². The van der Waals surface area contributed by atoms with Crippen LogP contribution in [0.15, 0.2) is 18.2 Å². The number of hydrogen-bond acceptors (Lipinski definition) is 4. The first-order valence-electron chi connectivity index (χ1n) is 7.65. The van der Waals surface area contributed by atoms with Crippen LogP contribution in [0.4, 0.5) is 0 Å². The number of hydrogen-bond donors (Lipinski definition) is 3. The fourth-order valence-corrected chi connectivity index (χ4v) is 2.40. The lowest BCUT2D eigenvalue weighted by Gasteiger charge is -2.24. The molecule has 1 aromatic carbocycles. The maximum Gasteiger partial charge on any atom is 0.119 e. The van der Waals surface area contributed by atoms with E-state index in [2.05, 4.69) is 31.7 Å². The van der Waals surface area contributed by atoms with E-state index in [0.717, 1.165) is 43.6 Å². The van der Waals surface area contributed by atoms with E-state index >= 15 is 0 Å². The van der Waals surface area contributed by atoms with E-state index in [0.29, 0.717) is 5.75 Å². The average molecular weight is 295 g/mol. The first kappa shape index (κ1) is 18.0. The molecule has 3 N–H and O–H groups in total. The van der Waals surface area contributed by atoms with Crippen molar-refractivity contribution in [3.05, 3.63) is 29.3 Å². The molecule has 0 spiro atoms. The molecular formula is C17H29NO3. The summed E-state index contributed by atoms with van der Waals surface area (Å²) in [7, 11) is 0. The summed E-state index contributed by atoms with van der Waals surface area (Å²) in [6, 6.07) is 5.75. The van der Waals surface area contributed by atoms with E-state index < -0.39 is 0 Å². The van der Waals surface area contributed by atoms with Crippen LogP contribution in [-0.2, 0) is 12.0 Å². The van der Waals surface area contributed by atoms with Crippen LogP contribution < -0.4 is 0 Å². The van der Waals surface area contributed by atoms with Crippen molar-refractivity contribution in [3.63, 3.8) is 0 Å². The number of aliphatic hydroxyl groups is 2. The van der Waals surface area contributed by atoms with Crippen LogP contribution in [0.3, 0.4) is 0 Å². The summed E-state index contributed by atoms with van der Waals surface area (Å²) in [6.07, 6.45) is 1.46. The number of aliphatic hydroxyl groups excluding tert-OH is 2. The molecule has 0 amide bonds. The van der Waals surface area contributed by atoms with Crippen molar-refractivity contribution in [1.29, 1.82) is 0 Å². The van der Waals surface area contributed by atoms with E-state index in [1.54, 1.807) is 6.07 Å². The van der Waals surface area contributed by atoms with Crippen LogP contribution in [0.25, 0.3) is 0 Å². The highest BCUT2D eigenvalue weighted by Gasteiger charge is 2.18. The molecule has 0 unspecified atom stereocenters. The number of rotatable bonds is 8. The van der Waals surface area contributed by atoms with Gasteiger partial charge in [0, 0.05) is 32.8 Å². The van der Waals surface area contributed by atoms with E-state index in [1.807, 2.05) is 6.07 Å². The predicted molar refractivity (Wildman–Crippen MR) is 85.5 cm³/mol. The standard InChI is InChI=1S/C17H29NO3/c1-17(2,3)15-12-14(6-7-16(15)21)13-18(8-4-10-19)9-5-11-20/h6-7,12,19-21H,4-5,8-11,13H2,1-3H3. The summed E-state index contributed by atoms with van der Waals surface area (Å²) in [5, 5.41) is 28.0. The molecule has 0 aliphatic rings. The van der Waals surface area contributed by atoms with Crippen LogP contribution in [0.2, 0.25) is 0 Å². The zero-order chi connectivity index (χ0) is 15.9. The smallest absolute Gasteiger partial charge is 0.119 e. The quantitative estimate of drug-likeness (QED) is 0.688. The normalized spacial score (nSPS) is 12.1. The van der Waals surface area contributed by atoms with Crippen molar-refractivity contribution in [3.8, 4) is 5.75 Å². The topological polar surface area (TPSA) is 63.9 Å². The third-order valence-electron chi connectivity index (χ3n) is 3.54. The van der Waals surface area contributed by atoms with Crippen molar-refractivity contribution in [2.45, 2.75) is 45.6 Å². The van der Waals surface area contributed by atoms with Crippen LogP contribution >= 0.6 is 0 Å². The van der Waals surface area contributed by atoms with Crippen molar-refractivity contribution < 1.29 is 15.3 Å². The Morgan fingerprint density at radius 1 is 1.00 bits per heavy atom. The van der Waals surface area contributed by atoms with Gasteiger partial charge in [0.2, 0.25) is 0 Å². The molecule has 0 saturated heterocycles. The van der Waals surface area contributed by atoms with Crippen LogP contribution in [0.1, 0.15) is 44.7 Å². The highest BCUT2D eigenvalue weighted by atomic mass is 16.3. The lowest BCUT2D eigenvalue weighted by molar-refractivity contribution is 0.196. The van der Waals surface area contributed by atoms with Crippen molar-refractivity contribution in [1.82, 2.24) is 4.90 Å². The predicted octanol–water partition coefficient (Wildman–Crippen LogP) is 2.26. The van der Waals surface area contributed by atoms with Crippen LogP contribution in [0, 0.1) is 0 Å². The van der Waals surface area contributed by atoms with Gasteiger partial charge in [-0.2, -0.15) is 0 Å². The highest BCUT2D eigenvalue weighted by molar-refractivity contribution is 5.40. The second-order valence-corrected chi connectivity index (χ2v) is 6.53. The molecule has 0 aliphatic heterocycles. The Morgan fingerprint density at radius 2 is 1.57 bits per heavy atom. The van der Waals surface area contributed by atoms with Gasteiger partial charge in [-0.3, -0.25) is 4.90 Å². The number of aromatic hydroxyl groups is 1. The lowest BCUT2D eigenvalue weighted by atomic mass is 9.85. The van der Waals surface area contributed by atoms with Gasteiger partial charge in [0.25, 0.3) is 0 Å². The first-order chi connectivity index (χ1) is 9.88. The lowest BCUT2D eigenvalue weighted by Crippen LogP contribution is -2.27. The molecule has 21 heavy (non-hydrogen) atoms. The van der Waals surface area contributed by atoms with E-state index in [-0.39, 0.29) is 18.6 Å². The molecule has 0 aromatic heterocycles.